The van der Waals surface area contributed by atoms with E-state index in [1.54, 1.807) is 20.3 Å². The van der Waals surface area contributed by atoms with Gasteiger partial charge in [0.25, 0.3) is 0 Å². The van der Waals surface area contributed by atoms with Crippen molar-refractivity contribution in [1.29, 1.82) is 0 Å². The van der Waals surface area contributed by atoms with Crippen LogP contribution in [0.3, 0.4) is 0 Å². The first-order valence-corrected chi connectivity index (χ1v) is 5.93. The molecule has 18 heavy (non-hydrogen) atoms. The van der Waals surface area contributed by atoms with E-state index in [1.807, 2.05) is 26.0 Å². The summed E-state index contributed by atoms with van der Waals surface area (Å²) in [4.78, 5) is 10.9. The third-order valence-corrected chi connectivity index (χ3v) is 3.04. The Morgan fingerprint density at radius 1 is 1.28 bits per heavy atom. The number of aliphatic carboxylic acids is 1. The SMILES string of the molecule is COc1ccc(C(CC(=O)O)C(C)C)c(OC)c1. The fraction of sp³-hybridized carbons (Fsp3) is 0.500. The Bertz CT molecular complexity index is 412. The first-order valence-electron chi connectivity index (χ1n) is 5.93. The largest absolute Gasteiger partial charge is 0.497 e. The zero-order chi connectivity index (χ0) is 13.7. The number of carboxylic acid groups (broad SMARTS) is 1. The lowest BCUT2D eigenvalue weighted by atomic mass is 9.85. The van der Waals surface area contributed by atoms with Crippen molar-refractivity contribution in [1.82, 2.24) is 0 Å². The molecule has 0 aliphatic carbocycles. The van der Waals surface area contributed by atoms with Crippen molar-refractivity contribution in [2.24, 2.45) is 5.92 Å². The molecule has 1 N–H and O–H groups in total. The zero-order valence-electron chi connectivity index (χ0n) is 11.3. The molecule has 0 saturated heterocycles. The highest BCUT2D eigenvalue weighted by molar-refractivity contribution is 5.68. The van der Waals surface area contributed by atoms with Crippen LogP contribution in [0.2, 0.25) is 0 Å². The maximum atomic E-state index is 10.9. The summed E-state index contributed by atoms with van der Waals surface area (Å²) in [6.45, 7) is 4.02. The van der Waals surface area contributed by atoms with Crippen LogP contribution in [0, 0.1) is 5.92 Å². The van der Waals surface area contributed by atoms with Gasteiger partial charge in [-0.1, -0.05) is 19.9 Å². The van der Waals surface area contributed by atoms with Crippen LogP contribution in [-0.2, 0) is 4.79 Å². The van der Waals surface area contributed by atoms with Crippen LogP contribution in [-0.4, -0.2) is 25.3 Å². The van der Waals surface area contributed by atoms with E-state index in [0.29, 0.717) is 11.5 Å². The molecule has 0 amide bonds. The van der Waals surface area contributed by atoms with Gasteiger partial charge in [-0.2, -0.15) is 0 Å². The van der Waals surface area contributed by atoms with E-state index in [0.717, 1.165) is 5.56 Å². The summed E-state index contributed by atoms with van der Waals surface area (Å²) >= 11 is 0. The van der Waals surface area contributed by atoms with Crippen LogP contribution in [0.25, 0.3) is 0 Å². The Labute approximate surface area is 108 Å². The van der Waals surface area contributed by atoms with Gasteiger partial charge >= 0.3 is 5.97 Å². The Hall–Kier alpha value is -1.71. The van der Waals surface area contributed by atoms with Gasteiger partial charge in [0.05, 0.1) is 20.6 Å². The summed E-state index contributed by atoms with van der Waals surface area (Å²) in [5.41, 5.74) is 0.913. The molecule has 0 saturated carbocycles. The van der Waals surface area contributed by atoms with Crippen LogP contribution in [0.15, 0.2) is 18.2 Å². The smallest absolute Gasteiger partial charge is 0.303 e. The Kier molecular flexibility index (Phi) is 5.01. The molecule has 0 aromatic heterocycles. The minimum Gasteiger partial charge on any atom is -0.497 e. The normalized spacial score (nSPS) is 12.3. The molecule has 1 aromatic carbocycles. The number of carbonyl (C=O) groups is 1. The van der Waals surface area contributed by atoms with E-state index in [-0.39, 0.29) is 18.3 Å². The zero-order valence-corrected chi connectivity index (χ0v) is 11.3. The second-order valence-electron chi connectivity index (χ2n) is 4.56. The van der Waals surface area contributed by atoms with E-state index in [2.05, 4.69) is 0 Å². The van der Waals surface area contributed by atoms with E-state index in [1.165, 1.54) is 0 Å². The second-order valence-corrected chi connectivity index (χ2v) is 4.56. The van der Waals surface area contributed by atoms with E-state index in [4.69, 9.17) is 14.6 Å². The molecule has 1 atom stereocenters. The van der Waals surface area contributed by atoms with Crippen LogP contribution in [0.4, 0.5) is 0 Å². The highest BCUT2D eigenvalue weighted by atomic mass is 16.5. The van der Waals surface area contributed by atoms with E-state index >= 15 is 0 Å². The van der Waals surface area contributed by atoms with Crippen LogP contribution < -0.4 is 9.47 Å². The lowest BCUT2D eigenvalue weighted by Gasteiger charge is -2.22. The average Bonchev–Trinajstić information content (AvgIpc) is 2.34. The number of hydrogen-bond acceptors (Lipinski definition) is 3. The maximum Gasteiger partial charge on any atom is 0.303 e. The van der Waals surface area contributed by atoms with Gasteiger partial charge in [-0.05, 0) is 17.5 Å². The molecule has 0 heterocycles. The summed E-state index contributed by atoms with van der Waals surface area (Å²) in [7, 11) is 3.17. The van der Waals surface area contributed by atoms with Gasteiger partial charge in [-0.25, -0.2) is 0 Å². The molecular formula is C14H20O4. The van der Waals surface area contributed by atoms with Gasteiger partial charge in [-0.3, -0.25) is 4.79 Å². The van der Waals surface area contributed by atoms with Gasteiger partial charge in [0, 0.05) is 12.0 Å². The highest BCUT2D eigenvalue weighted by Gasteiger charge is 2.22. The summed E-state index contributed by atoms with van der Waals surface area (Å²) in [5.74, 6) is 0.737. The number of carboxylic acids is 1. The minimum absolute atomic E-state index is 0.0663. The third kappa shape index (κ3) is 3.39. The summed E-state index contributed by atoms with van der Waals surface area (Å²) < 4.78 is 10.5. The van der Waals surface area contributed by atoms with Gasteiger partial charge in [0.1, 0.15) is 11.5 Å². The topological polar surface area (TPSA) is 55.8 Å². The number of hydrogen-bond donors (Lipinski definition) is 1. The molecule has 4 heteroatoms. The third-order valence-electron chi connectivity index (χ3n) is 3.04. The quantitative estimate of drug-likeness (QED) is 0.845. The van der Waals surface area contributed by atoms with Crippen molar-refractivity contribution in [2.75, 3.05) is 14.2 Å². The predicted molar refractivity (Wildman–Crippen MR) is 69.4 cm³/mol. The van der Waals surface area contributed by atoms with Crippen molar-refractivity contribution in [3.63, 3.8) is 0 Å². The molecule has 100 valence electrons. The molecule has 0 bridgehead atoms. The van der Waals surface area contributed by atoms with Gasteiger partial charge < -0.3 is 14.6 Å². The van der Waals surface area contributed by atoms with Crippen molar-refractivity contribution in [3.05, 3.63) is 23.8 Å². The van der Waals surface area contributed by atoms with Crippen molar-refractivity contribution in [3.8, 4) is 11.5 Å². The van der Waals surface area contributed by atoms with Gasteiger partial charge in [-0.15, -0.1) is 0 Å². The molecule has 4 nitrogen and oxygen atoms in total. The first kappa shape index (κ1) is 14.4. The number of rotatable bonds is 6. The molecular weight excluding hydrogens is 232 g/mol. The molecule has 1 aromatic rings. The van der Waals surface area contributed by atoms with Gasteiger partial charge in [0.15, 0.2) is 0 Å². The average molecular weight is 252 g/mol. The van der Waals surface area contributed by atoms with E-state index in [9.17, 15) is 4.79 Å². The fourth-order valence-electron chi connectivity index (χ4n) is 2.02. The fourth-order valence-corrected chi connectivity index (χ4v) is 2.02. The van der Waals surface area contributed by atoms with Crippen molar-refractivity contribution < 1.29 is 19.4 Å². The molecule has 0 radical (unpaired) electrons. The van der Waals surface area contributed by atoms with Crippen molar-refractivity contribution >= 4 is 5.97 Å². The molecule has 1 rings (SSSR count). The van der Waals surface area contributed by atoms with Crippen LogP contribution in [0.1, 0.15) is 31.7 Å². The number of ether oxygens (including phenoxy) is 2. The first-order chi connectivity index (χ1) is 8.49. The van der Waals surface area contributed by atoms with E-state index < -0.39 is 5.97 Å². The molecule has 0 aliphatic rings. The Balaban J connectivity index is 3.14. The standard InChI is InChI=1S/C14H20O4/c1-9(2)12(8-14(15)16)11-6-5-10(17-3)7-13(11)18-4/h5-7,9,12H,8H2,1-4H3,(H,15,16). The highest BCUT2D eigenvalue weighted by Crippen LogP contribution is 2.36. The number of benzene rings is 1. The molecule has 0 aliphatic heterocycles. The molecule has 0 fully saturated rings. The maximum absolute atomic E-state index is 10.9. The molecule has 1 unspecified atom stereocenters. The minimum atomic E-state index is -0.799. The van der Waals surface area contributed by atoms with Gasteiger partial charge in [0.2, 0.25) is 0 Å². The van der Waals surface area contributed by atoms with Crippen molar-refractivity contribution in [2.45, 2.75) is 26.2 Å². The number of methoxy groups -OCH3 is 2. The predicted octanol–water partition coefficient (Wildman–Crippen LogP) is 2.92. The molecule has 0 spiro atoms. The van der Waals surface area contributed by atoms with Crippen LogP contribution in [0.5, 0.6) is 11.5 Å². The Morgan fingerprint density at radius 3 is 2.39 bits per heavy atom. The summed E-state index contributed by atoms with van der Waals surface area (Å²) in [5, 5.41) is 8.99. The lowest BCUT2D eigenvalue weighted by molar-refractivity contribution is -0.137. The monoisotopic (exact) mass is 252 g/mol. The Morgan fingerprint density at radius 2 is 1.94 bits per heavy atom. The second kappa shape index (κ2) is 6.28. The lowest BCUT2D eigenvalue weighted by Crippen LogP contribution is -2.13. The summed E-state index contributed by atoms with van der Waals surface area (Å²) in [6, 6.07) is 5.49. The summed E-state index contributed by atoms with van der Waals surface area (Å²) in [6.07, 6.45) is 0.0976. The van der Waals surface area contributed by atoms with Crippen LogP contribution >= 0.6 is 0 Å².